The molecule has 1 heterocycles. The summed E-state index contributed by atoms with van der Waals surface area (Å²) < 4.78 is 18.3. The molecule has 1 fully saturated rings. The molecule has 5 unspecified atom stereocenters. The van der Waals surface area contributed by atoms with Crippen molar-refractivity contribution in [1.82, 2.24) is 5.32 Å². The van der Waals surface area contributed by atoms with E-state index < -0.39 is 24.3 Å². The first kappa shape index (κ1) is 34.8. The van der Waals surface area contributed by atoms with Crippen LogP contribution in [0.4, 0.5) is 0 Å². The molecule has 0 saturated carbocycles. The summed E-state index contributed by atoms with van der Waals surface area (Å²) in [7, 11) is 0. The van der Waals surface area contributed by atoms with Crippen LogP contribution in [0.2, 0.25) is 0 Å². The summed E-state index contributed by atoms with van der Waals surface area (Å²) in [6.07, 6.45) is -2.01. The summed E-state index contributed by atoms with van der Waals surface area (Å²) in [5.74, 6) is -1.22. The third-order valence-corrected chi connectivity index (χ3v) is 9.34. The Hall–Kier alpha value is -4.48. The van der Waals surface area contributed by atoms with Gasteiger partial charge < -0.3 is 29.7 Å². The van der Waals surface area contributed by atoms with E-state index >= 15 is 0 Å². The molecular weight excluding hydrogens is 630 g/mol. The first-order chi connectivity index (χ1) is 23.1. The number of esters is 1. The fourth-order valence-electron chi connectivity index (χ4n) is 5.54. The molecule has 5 atom stereocenters. The van der Waals surface area contributed by atoms with Gasteiger partial charge in [-0.3, -0.25) is 9.59 Å². The second-order valence-electron chi connectivity index (χ2n) is 11.8. The van der Waals surface area contributed by atoms with Crippen LogP contribution in [0.1, 0.15) is 65.8 Å². The minimum Gasteiger partial charge on any atom is -0.478 e. The van der Waals surface area contributed by atoms with Gasteiger partial charge in [0.1, 0.15) is 0 Å². The van der Waals surface area contributed by atoms with Crippen LogP contribution in [0, 0.1) is 5.92 Å². The van der Waals surface area contributed by atoms with Crippen LogP contribution in [-0.2, 0) is 37.0 Å². The predicted molar refractivity (Wildman–Crippen MR) is 182 cm³/mol. The molecule has 1 aliphatic heterocycles. The minimum absolute atomic E-state index is 0.00865. The van der Waals surface area contributed by atoms with Gasteiger partial charge in [0.25, 0.3) is 5.91 Å². The zero-order valence-corrected chi connectivity index (χ0v) is 27.8. The molecule has 5 rings (SSSR count). The highest BCUT2D eigenvalue weighted by molar-refractivity contribution is 7.99. The van der Waals surface area contributed by atoms with Gasteiger partial charge in [-0.2, -0.15) is 0 Å². The quantitative estimate of drug-likeness (QED) is 0.111. The molecule has 48 heavy (non-hydrogen) atoms. The Morgan fingerprint density at radius 3 is 2.23 bits per heavy atom. The van der Waals surface area contributed by atoms with Crippen molar-refractivity contribution in [1.29, 1.82) is 0 Å². The molecule has 1 aliphatic rings. The van der Waals surface area contributed by atoms with Crippen LogP contribution in [0.15, 0.2) is 102 Å². The lowest BCUT2D eigenvalue weighted by Gasteiger charge is -2.41. The number of nitrogens with one attached hydrogen (secondary N) is 1. The SMILES string of the molecule is CC(=O)OC(C)C(=O)NCc1cccc(-c2cccc(C3OC(CSc4ccc(C(=O)O)cc4)C(C)C(c4ccc(CO)cc4)O3)c2)c1. The van der Waals surface area contributed by atoms with Gasteiger partial charge in [0.2, 0.25) is 0 Å². The molecule has 3 N–H and O–H groups in total. The second kappa shape index (κ2) is 16.1. The van der Waals surface area contributed by atoms with E-state index in [2.05, 4.69) is 12.2 Å². The van der Waals surface area contributed by atoms with Crippen molar-refractivity contribution >= 4 is 29.6 Å². The Morgan fingerprint density at radius 1 is 0.875 bits per heavy atom. The summed E-state index contributed by atoms with van der Waals surface area (Å²) in [4.78, 5) is 35.8. The smallest absolute Gasteiger partial charge is 0.335 e. The van der Waals surface area contributed by atoms with Crippen molar-refractivity contribution in [2.24, 2.45) is 5.92 Å². The van der Waals surface area contributed by atoms with Gasteiger partial charge in [-0.15, -0.1) is 11.8 Å². The van der Waals surface area contributed by atoms with Crippen LogP contribution >= 0.6 is 11.8 Å². The maximum Gasteiger partial charge on any atom is 0.335 e. The lowest BCUT2D eigenvalue weighted by molar-refractivity contribution is -0.268. The summed E-state index contributed by atoms with van der Waals surface area (Å²) in [6.45, 7) is 5.14. The Kier molecular flexibility index (Phi) is 11.7. The highest BCUT2D eigenvalue weighted by Gasteiger charge is 2.38. The van der Waals surface area contributed by atoms with Gasteiger partial charge in [-0.25, -0.2) is 4.79 Å². The van der Waals surface area contributed by atoms with Gasteiger partial charge in [-0.05, 0) is 71.1 Å². The molecule has 0 aromatic heterocycles. The molecule has 1 saturated heterocycles. The fourth-order valence-corrected chi connectivity index (χ4v) is 6.61. The number of aliphatic hydroxyl groups is 1. The van der Waals surface area contributed by atoms with Gasteiger partial charge in [0.15, 0.2) is 12.4 Å². The first-order valence-electron chi connectivity index (χ1n) is 15.7. The van der Waals surface area contributed by atoms with Crippen LogP contribution in [-0.4, -0.2) is 46.0 Å². The predicted octanol–water partition coefficient (Wildman–Crippen LogP) is 6.70. The van der Waals surface area contributed by atoms with Gasteiger partial charge in [-0.1, -0.05) is 67.6 Å². The van der Waals surface area contributed by atoms with Gasteiger partial charge >= 0.3 is 11.9 Å². The second-order valence-corrected chi connectivity index (χ2v) is 12.9. The largest absolute Gasteiger partial charge is 0.478 e. The normalized spacial score (nSPS) is 19.7. The Morgan fingerprint density at radius 2 is 1.56 bits per heavy atom. The number of carboxylic acid groups (broad SMARTS) is 1. The zero-order valence-electron chi connectivity index (χ0n) is 27.0. The standard InChI is InChI=1S/C38H39NO8S/c1-23-34(22-48-33-16-14-29(15-17-33)37(43)44)46-38(47-35(23)28-12-10-26(21-40)11-13-28)32-9-5-8-31(19-32)30-7-4-6-27(18-30)20-39-36(42)24(2)45-25(3)41/h4-19,23-24,34-35,38,40H,20-22H2,1-3H3,(H,39,42)(H,43,44). The number of carboxylic acids is 1. The molecule has 1 amide bonds. The third-order valence-electron chi connectivity index (χ3n) is 8.24. The highest BCUT2D eigenvalue weighted by Crippen LogP contribution is 2.43. The van der Waals surface area contributed by atoms with E-state index in [0.29, 0.717) is 5.75 Å². The molecule has 0 bridgehead atoms. The number of carbonyl (C=O) groups excluding carboxylic acids is 2. The number of carbonyl (C=O) groups is 3. The maximum atomic E-state index is 12.4. The highest BCUT2D eigenvalue weighted by atomic mass is 32.2. The molecule has 9 nitrogen and oxygen atoms in total. The summed E-state index contributed by atoms with van der Waals surface area (Å²) in [6, 6.07) is 30.4. The number of amides is 1. The van der Waals surface area contributed by atoms with Gasteiger partial charge in [0.05, 0.1) is 24.4 Å². The van der Waals surface area contributed by atoms with Crippen molar-refractivity contribution in [3.05, 3.63) is 125 Å². The summed E-state index contributed by atoms with van der Waals surface area (Å²) in [5.41, 5.74) is 5.70. The third kappa shape index (κ3) is 8.90. The van der Waals surface area contributed by atoms with E-state index in [1.165, 1.54) is 13.8 Å². The zero-order chi connectivity index (χ0) is 34.2. The van der Waals surface area contributed by atoms with Crippen LogP contribution in [0.5, 0.6) is 0 Å². The minimum atomic E-state index is -0.961. The number of aromatic carboxylic acids is 1. The maximum absolute atomic E-state index is 12.4. The average Bonchev–Trinajstić information content (AvgIpc) is 3.10. The Bertz CT molecular complexity index is 1730. The lowest BCUT2D eigenvalue weighted by Crippen LogP contribution is -2.38. The number of benzene rings is 4. The summed E-state index contributed by atoms with van der Waals surface area (Å²) >= 11 is 1.60. The van der Waals surface area contributed by atoms with E-state index in [0.717, 1.165) is 38.3 Å². The van der Waals surface area contributed by atoms with E-state index in [1.807, 2.05) is 84.9 Å². The number of hydrogen-bond donors (Lipinski definition) is 3. The Balaban J connectivity index is 1.35. The average molecular weight is 670 g/mol. The van der Waals surface area contributed by atoms with Crippen molar-refractivity contribution in [3.63, 3.8) is 0 Å². The van der Waals surface area contributed by atoms with E-state index in [4.69, 9.17) is 14.2 Å². The first-order valence-corrected chi connectivity index (χ1v) is 16.7. The van der Waals surface area contributed by atoms with Crippen molar-refractivity contribution in [2.45, 2.75) is 63.4 Å². The molecule has 10 heteroatoms. The van der Waals surface area contributed by atoms with Crippen molar-refractivity contribution in [3.8, 4) is 11.1 Å². The monoisotopic (exact) mass is 669 g/mol. The number of rotatable bonds is 12. The van der Waals surface area contributed by atoms with Crippen LogP contribution in [0.3, 0.4) is 0 Å². The van der Waals surface area contributed by atoms with Crippen molar-refractivity contribution < 1.29 is 38.8 Å². The van der Waals surface area contributed by atoms with Gasteiger partial charge in [0, 0.05) is 35.6 Å². The lowest BCUT2D eigenvalue weighted by atomic mass is 9.91. The van der Waals surface area contributed by atoms with E-state index in [-0.39, 0.29) is 42.7 Å². The number of aliphatic hydroxyl groups excluding tert-OH is 1. The Labute approximate surface area is 284 Å². The number of thioether (sulfide) groups is 1. The van der Waals surface area contributed by atoms with E-state index in [1.54, 1.807) is 23.9 Å². The molecule has 0 spiro atoms. The molecule has 4 aromatic carbocycles. The molecule has 4 aromatic rings. The fraction of sp³-hybridized carbons (Fsp3) is 0.289. The van der Waals surface area contributed by atoms with Crippen molar-refractivity contribution in [2.75, 3.05) is 5.75 Å². The molecule has 250 valence electrons. The number of ether oxygens (including phenoxy) is 3. The van der Waals surface area contributed by atoms with Crippen LogP contribution < -0.4 is 5.32 Å². The molecular formula is C38H39NO8S. The molecule has 0 aliphatic carbocycles. The van der Waals surface area contributed by atoms with E-state index in [9.17, 15) is 24.6 Å². The van der Waals surface area contributed by atoms with Crippen LogP contribution in [0.25, 0.3) is 11.1 Å². The summed E-state index contributed by atoms with van der Waals surface area (Å²) in [5, 5.41) is 21.6. The topological polar surface area (TPSA) is 131 Å². The number of hydrogen-bond acceptors (Lipinski definition) is 8. The molecule has 0 radical (unpaired) electrons.